The van der Waals surface area contributed by atoms with Crippen molar-refractivity contribution < 1.29 is 14.0 Å². The zero-order chi connectivity index (χ0) is 20.8. The van der Waals surface area contributed by atoms with Crippen LogP contribution in [0.1, 0.15) is 5.56 Å². The molecule has 2 amide bonds. The van der Waals surface area contributed by atoms with Crippen LogP contribution in [0.25, 0.3) is 11.5 Å². The van der Waals surface area contributed by atoms with E-state index in [0.29, 0.717) is 21.8 Å². The zero-order valence-corrected chi connectivity index (χ0v) is 17.5. The Morgan fingerprint density at radius 2 is 1.86 bits per heavy atom. The molecule has 0 spiro atoms. The number of hydrogen-bond acceptors (Lipinski definition) is 6. The van der Waals surface area contributed by atoms with E-state index in [0.717, 1.165) is 22.9 Å². The van der Waals surface area contributed by atoms with Crippen molar-refractivity contribution in [3.8, 4) is 11.5 Å². The third-order valence-corrected chi connectivity index (χ3v) is 5.11. The molecule has 1 aromatic heterocycles. The summed E-state index contributed by atoms with van der Waals surface area (Å²) in [5, 5.41) is 11.4. The average molecular weight is 431 g/mol. The first-order chi connectivity index (χ1) is 13.9. The van der Waals surface area contributed by atoms with Crippen LogP contribution in [0.15, 0.2) is 58.2 Å². The van der Waals surface area contributed by atoms with Crippen molar-refractivity contribution >= 4 is 40.9 Å². The standard InChI is InChI=1S/C20H19ClN4O3S/c1-13-7-9-14(10-8-13)19-23-24-20(28-19)29-12-18(27)25(2)11-17(26)22-16-6-4-3-5-15(16)21/h3-10H,11-12H2,1-2H3,(H,22,26). The molecular formula is C20H19ClN4O3S. The van der Waals surface area contributed by atoms with Gasteiger partial charge in [0.15, 0.2) is 0 Å². The summed E-state index contributed by atoms with van der Waals surface area (Å²) in [5.41, 5.74) is 2.45. The fraction of sp³-hybridized carbons (Fsp3) is 0.200. The fourth-order valence-corrected chi connectivity index (χ4v) is 3.26. The van der Waals surface area contributed by atoms with Crippen LogP contribution in [-0.4, -0.2) is 46.3 Å². The van der Waals surface area contributed by atoms with Crippen LogP contribution in [0, 0.1) is 6.92 Å². The van der Waals surface area contributed by atoms with Gasteiger partial charge in [0.05, 0.1) is 23.0 Å². The van der Waals surface area contributed by atoms with Gasteiger partial charge >= 0.3 is 0 Å². The number of halogens is 1. The highest BCUT2D eigenvalue weighted by Crippen LogP contribution is 2.24. The number of amides is 2. The molecule has 3 rings (SSSR count). The highest BCUT2D eigenvalue weighted by atomic mass is 35.5. The summed E-state index contributed by atoms with van der Waals surface area (Å²) in [6.45, 7) is 1.90. The summed E-state index contributed by atoms with van der Waals surface area (Å²) in [5.74, 6) is -0.101. The molecule has 0 aliphatic heterocycles. The minimum Gasteiger partial charge on any atom is -0.411 e. The van der Waals surface area contributed by atoms with Gasteiger partial charge in [-0.15, -0.1) is 10.2 Å². The quantitative estimate of drug-likeness (QED) is 0.572. The minimum absolute atomic E-state index is 0.0748. The molecule has 7 nitrogen and oxygen atoms in total. The first-order valence-electron chi connectivity index (χ1n) is 8.74. The molecule has 2 aromatic carbocycles. The van der Waals surface area contributed by atoms with Crippen LogP contribution in [0.2, 0.25) is 5.02 Å². The zero-order valence-electron chi connectivity index (χ0n) is 15.9. The van der Waals surface area contributed by atoms with Crippen molar-refractivity contribution in [3.63, 3.8) is 0 Å². The molecule has 9 heteroatoms. The maximum atomic E-state index is 12.3. The van der Waals surface area contributed by atoms with E-state index in [-0.39, 0.29) is 24.1 Å². The van der Waals surface area contributed by atoms with E-state index in [1.165, 1.54) is 4.90 Å². The Morgan fingerprint density at radius 1 is 1.14 bits per heavy atom. The number of carbonyl (C=O) groups excluding carboxylic acids is 2. The average Bonchev–Trinajstić information content (AvgIpc) is 3.17. The summed E-state index contributed by atoms with van der Waals surface area (Å²) >= 11 is 7.14. The summed E-state index contributed by atoms with van der Waals surface area (Å²) in [6, 6.07) is 14.6. The summed E-state index contributed by atoms with van der Waals surface area (Å²) in [4.78, 5) is 25.8. The number of carbonyl (C=O) groups is 2. The lowest BCUT2D eigenvalue weighted by Crippen LogP contribution is -2.36. The molecule has 3 aromatic rings. The molecule has 0 aliphatic rings. The van der Waals surface area contributed by atoms with Crippen molar-refractivity contribution in [2.45, 2.75) is 12.1 Å². The highest BCUT2D eigenvalue weighted by Gasteiger charge is 2.16. The predicted molar refractivity (Wildman–Crippen MR) is 113 cm³/mol. The predicted octanol–water partition coefficient (Wildman–Crippen LogP) is 3.89. The van der Waals surface area contributed by atoms with Gasteiger partial charge in [-0.2, -0.15) is 0 Å². The molecule has 150 valence electrons. The largest absolute Gasteiger partial charge is 0.411 e. The van der Waals surface area contributed by atoms with Gasteiger partial charge in [0.25, 0.3) is 5.22 Å². The second-order valence-electron chi connectivity index (χ2n) is 6.31. The van der Waals surface area contributed by atoms with E-state index in [1.807, 2.05) is 31.2 Å². The Morgan fingerprint density at radius 3 is 2.59 bits per heavy atom. The summed E-state index contributed by atoms with van der Waals surface area (Å²) < 4.78 is 5.59. The first kappa shape index (κ1) is 20.9. The highest BCUT2D eigenvalue weighted by molar-refractivity contribution is 7.99. The van der Waals surface area contributed by atoms with Crippen LogP contribution in [0.3, 0.4) is 0 Å². The Balaban J connectivity index is 1.49. The summed E-state index contributed by atoms with van der Waals surface area (Å²) in [6.07, 6.45) is 0. The van der Waals surface area contributed by atoms with Gasteiger partial charge in [0.2, 0.25) is 17.7 Å². The third kappa shape index (κ3) is 5.82. The lowest BCUT2D eigenvalue weighted by molar-refractivity contribution is -0.131. The first-order valence-corrected chi connectivity index (χ1v) is 10.1. The molecule has 0 bridgehead atoms. The molecule has 29 heavy (non-hydrogen) atoms. The Kier molecular flexibility index (Phi) is 6.90. The van der Waals surface area contributed by atoms with Crippen molar-refractivity contribution in [2.24, 2.45) is 0 Å². The Bertz CT molecular complexity index is 1010. The van der Waals surface area contributed by atoms with Crippen molar-refractivity contribution in [1.82, 2.24) is 15.1 Å². The van der Waals surface area contributed by atoms with Crippen LogP contribution in [0.5, 0.6) is 0 Å². The minimum atomic E-state index is -0.335. The molecule has 1 heterocycles. The number of aromatic nitrogens is 2. The molecule has 0 atom stereocenters. The molecule has 0 radical (unpaired) electrons. The number of rotatable bonds is 7. The van der Waals surface area contributed by atoms with E-state index in [2.05, 4.69) is 15.5 Å². The normalized spacial score (nSPS) is 10.6. The number of nitrogens with zero attached hydrogens (tertiary/aromatic N) is 3. The number of benzene rings is 2. The van der Waals surface area contributed by atoms with E-state index >= 15 is 0 Å². The Hall–Kier alpha value is -2.84. The van der Waals surface area contributed by atoms with Gasteiger partial charge in [-0.05, 0) is 31.2 Å². The van der Waals surface area contributed by atoms with Gasteiger partial charge in [-0.25, -0.2) is 0 Å². The molecular weight excluding hydrogens is 412 g/mol. The monoisotopic (exact) mass is 430 g/mol. The molecule has 0 aliphatic carbocycles. The molecule has 0 saturated carbocycles. The number of para-hydroxylation sites is 1. The summed E-state index contributed by atoms with van der Waals surface area (Å²) in [7, 11) is 1.56. The van der Waals surface area contributed by atoms with Gasteiger partial charge in [-0.3, -0.25) is 9.59 Å². The molecule has 0 fully saturated rings. The maximum Gasteiger partial charge on any atom is 0.277 e. The smallest absolute Gasteiger partial charge is 0.277 e. The van der Waals surface area contributed by atoms with E-state index < -0.39 is 0 Å². The van der Waals surface area contributed by atoms with Gasteiger partial charge in [0.1, 0.15) is 0 Å². The van der Waals surface area contributed by atoms with Crippen LogP contribution in [-0.2, 0) is 9.59 Å². The lowest BCUT2D eigenvalue weighted by Gasteiger charge is -2.16. The van der Waals surface area contributed by atoms with Crippen LogP contribution in [0.4, 0.5) is 5.69 Å². The van der Waals surface area contributed by atoms with Crippen molar-refractivity contribution in [1.29, 1.82) is 0 Å². The van der Waals surface area contributed by atoms with E-state index in [9.17, 15) is 9.59 Å². The maximum absolute atomic E-state index is 12.3. The van der Waals surface area contributed by atoms with Crippen LogP contribution < -0.4 is 5.32 Å². The number of anilines is 1. The second-order valence-corrected chi connectivity index (χ2v) is 7.64. The molecule has 0 saturated heterocycles. The van der Waals surface area contributed by atoms with E-state index in [4.69, 9.17) is 16.0 Å². The number of thioether (sulfide) groups is 1. The van der Waals surface area contributed by atoms with Crippen LogP contribution >= 0.6 is 23.4 Å². The molecule has 1 N–H and O–H groups in total. The SMILES string of the molecule is Cc1ccc(-c2nnc(SCC(=O)N(C)CC(=O)Nc3ccccc3Cl)o2)cc1. The van der Waals surface area contributed by atoms with Crippen molar-refractivity contribution in [2.75, 3.05) is 24.7 Å². The third-order valence-electron chi connectivity index (χ3n) is 3.98. The fourth-order valence-electron chi connectivity index (χ4n) is 2.37. The van der Waals surface area contributed by atoms with Crippen molar-refractivity contribution in [3.05, 3.63) is 59.1 Å². The molecule has 0 unspecified atom stereocenters. The Labute approximate surface area is 177 Å². The number of likely N-dealkylation sites (N-methyl/N-ethyl adjacent to an activating group) is 1. The van der Waals surface area contributed by atoms with Gasteiger partial charge in [-0.1, -0.05) is 53.2 Å². The van der Waals surface area contributed by atoms with E-state index in [1.54, 1.807) is 31.3 Å². The number of nitrogens with one attached hydrogen (secondary N) is 1. The number of aryl methyl sites for hydroxylation is 1. The van der Waals surface area contributed by atoms with Gasteiger partial charge < -0.3 is 14.6 Å². The van der Waals surface area contributed by atoms with Gasteiger partial charge in [0, 0.05) is 12.6 Å². The topological polar surface area (TPSA) is 88.3 Å². The second kappa shape index (κ2) is 9.58. The number of hydrogen-bond donors (Lipinski definition) is 1. The lowest BCUT2D eigenvalue weighted by atomic mass is 10.1.